The summed E-state index contributed by atoms with van der Waals surface area (Å²) in [7, 11) is 2.20. The van der Waals surface area contributed by atoms with Gasteiger partial charge in [-0.05, 0) is 36.6 Å². The minimum Gasteiger partial charge on any atom is -0.494 e. The first-order valence-corrected chi connectivity index (χ1v) is 8.09. The molecule has 4 heteroatoms. The molecule has 126 valence electrons. The van der Waals surface area contributed by atoms with Crippen LogP contribution in [0, 0.1) is 0 Å². The molecule has 0 atom stereocenters. The number of hydrogen-bond donors (Lipinski definition) is 0. The maximum absolute atomic E-state index is 5.92. The molecular formula is C18H31ClN2O. The fraction of sp³-hybridized carbons (Fsp3) is 0.667. The maximum atomic E-state index is 5.92. The van der Waals surface area contributed by atoms with Gasteiger partial charge in [-0.1, -0.05) is 32.9 Å². The zero-order valence-corrected chi connectivity index (χ0v) is 15.3. The molecule has 22 heavy (non-hydrogen) atoms. The molecule has 1 aromatic rings. The molecule has 1 fully saturated rings. The first-order chi connectivity index (χ1) is 9.95. The summed E-state index contributed by atoms with van der Waals surface area (Å²) in [5.74, 6) is 1.00. The van der Waals surface area contributed by atoms with Gasteiger partial charge in [0.15, 0.2) is 0 Å². The van der Waals surface area contributed by atoms with E-state index < -0.39 is 0 Å². The molecule has 1 aromatic carbocycles. The van der Waals surface area contributed by atoms with E-state index in [1.54, 1.807) is 0 Å². The van der Waals surface area contributed by atoms with E-state index in [1.165, 1.54) is 31.7 Å². The second-order valence-electron chi connectivity index (χ2n) is 7.12. The average molecular weight is 327 g/mol. The molecule has 1 heterocycles. The number of nitrogens with zero attached hydrogens (tertiary/aromatic N) is 2. The number of piperazine rings is 1. The van der Waals surface area contributed by atoms with Crippen LogP contribution in [0.3, 0.4) is 0 Å². The minimum atomic E-state index is 0. The standard InChI is InChI=1S/C18H30N2O.ClH/c1-18(2,3)16-7-5-8-17(15-16)21-14-6-9-20-12-10-19(4)11-13-20;/h5,7-8,15H,6,9-14H2,1-4H3;1H. The Bertz CT molecular complexity index is 437. The molecule has 0 spiro atoms. The molecule has 2 rings (SSSR count). The Morgan fingerprint density at radius 1 is 1.09 bits per heavy atom. The second-order valence-corrected chi connectivity index (χ2v) is 7.12. The lowest BCUT2D eigenvalue weighted by Gasteiger charge is -2.32. The van der Waals surface area contributed by atoms with Crippen LogP contribution < -0.4 is 4.74 Å². The monoisotopic (exact) mass is 326 g/mol. The predicted octanol–water partition coefficient (Wildman–Crippen LogP) is 3.42. The molecule has 0 aliphatic carbocycles. The zero-order valence-electron chi connectivity index (χ0n) is 14.5. The minimum absolute atomic E-state index is 0. The van der Waals surface area contributed by atoms with Crippen molar-refractivity contribution < 1.29 is 4.74 Å². The van der Waals surface area contributed by atoms with Gasteiger partial charge in [-0.2, -0.15) is 0 Å². The number of benzene rings is 1. The van der Waals surface area contributed by atoms with Crippen molar-refractivity contribution in [1.29, 1.82) is 0 Å². The number of hydrogen-bond acceptors (Lipinski definition) is 3. The van der Waals surface area contributed by atoms with E-state index in [1.807, 2.05) is 0 Å². The lowest BCUT2D eigenvalue weighted by molar-refractivity contribution is 0.145. The molecule has 0 saturated carbocycles. The third-order valence-corrected chi connectivity index (χ3v) is 4.18. The summed E-state index contributed by atoms with van der Waals surface area (Å²) in [4.78, 5) is 4.93. The number of rotatable bonds is 5. The van der Waals surface area contributed by atoms with Crippen molar-refractivity contribution in [2.45, 2.75) is 32.6 Å². The Morgan fingerprint density at radius 2 is 1.77 bits per heavy atom. The Morgan fingerprint density at radius 3 is 2.41 bits per heavy atom. The Kier molecular flexibility index (Phi) is 7.67. The quantitative estimate of drug-likeness (QED) is 0.771. The van der Waals surface area contributed by atoms with Gasteiger partial charge in [0.05, 0.1) is 6.61 Å². The van der Waals surface area contributed by atoms with Crippen LogP contribution in [0.2, 0.25) is 0 Å². The molecule has 1 aliphatic heterocycles. The largest absolute Gasteiger partial charge is 0.494 e. The molecule has 0 aromatic heterocycles. The van der Waals surface area contributed by atoms with Crippen LogP contribution in [0.4, 0.5) is 0 Å². The Hall–Kier alpha value is -0.770. The predicted molar refractivity (Wildman–Crippen MR) is 96.4 cm³/mol. The smallest absolute Gasteiger partial charge is 0.119 e. The Labute approximate surface area is 142 Å². The molecular weight excluding hydrogens is 296 g/mol. The van der Waals surface area contributed by atoms with E-state index in [0.717, 1.165) is 25.3 Å². The van der Waals surface area contributed by atoms with Crippen molar-refractivity contribution in [2.24, 2.45) is 0 Å². The molecule has 0 bridgehead atoms. The van der Waals surface area contributed by atoms with Gasteiger partial charge in [-0.15, -0.1) is 12.4 Å². The van der Waals surface area contributed by atoms with Crippen molar-refractivity contribution in [1.82, 2.24) is 9.80 Å². The van der Waals surface area contributed by atoms with Crippen molar-refractivity contribution in [3.8, 4) is 5.75 Å². The molecule has 0 N–H and O–H groups in total. The van der Waals surface area contributed by atoms with E-state index in [2.05, 4.69) is 61.9 Å². The lowest BCUT2D eigenvalue weighted by Crippen LogP contribution is -2.44. The van der Waals surface area contributed by atoms with Gasteiger partial charge in [-0.3, -0.25) is 0 Å². The highest BCUT2D eigenvalue weighted by Crippen LogP contribution is 2.25. The summed E-state index contributed by atoms with van der Waals surface area (Å²) in [6.45, 7) is 13.4. The topological polar surface area (TPSA) is 15.7 Å². The first-order valence-electron chi connectivity index (χ1n) is 8.09. The highest BCUT2D eigenvalue weighted by atomic mass is 35.5. The van der Waals surface area contributed by atoms with Crippen LogP contribution in [0.15, 0.2) is 24.3 Å². The summed E-state index contributed by atoms with van der Waals surface area (Å²) in [6, 6.07) is 8.51. The van der Waals surface area contributed by atoms with Crippen molar-refractivity contribution in [3.63, 3.8) is 0 Å². The van der Waals surface area contributed by atoms with Crippen molar-refractivity contribution >= 4 is 12.4 Å². The lowest BCUT2D eigenvalue weighted by atomic mass is 9.87. The summed E-state index contributed by atoms with van der Waals surface area (Å²) in [6.07, 6.45) is 1.10. The van der Waals surface area contributed by atoms with E-state index in [9.17, 15) is 0 Å². The summed E-state index contributed by atoms with van der Waals surface area (Å²) >= 11 is 0. The van der Waals surface area contributed by atoms with Crippen LogP contribution in [0.5, 0.6) is 5.75 Å². The van der Waals surface area contributed by atoms with E-state index in [0.29, 0.717) is 0 Å². The summed E-state index contributed by atoms with van der Waals surface area (Å²) in [5.41, 5.74) is 1.51. The third-order valence-electron chi connectivity index (χ3n) is 4.18. The average Bonchev–Trinajstić information content (AvgIpc) is 2.45. The van der Waals surface area contributed by atoms with Gasteiger partial charge in [-0.25, -0.2) is 0 Å². The maximum Gasteiger partial charge on any atom is 0.119 e. The second kappa shape index (κ2) is 8.76. The number of halogens is 1. The molecule has 0 radical (unpaired) electrons. The summed E-state index contributed by atoms with van der Waals surface area (Å²) < 4.78 is 5.92. The van der Waals surface area contributed by atoms with Crippen molar-refractivity contribution in [2.75, 3.05) is 46.4 Å². The molecule has 1 saturated heterocycles. The van der Waals surface area contributed by atoms with Crippen LogP contribution >= 0.6 is 12.4 Å². The molecule has 3 nitrogen and oxygen atoms in total. The summed E-state index contributed by atoms with van der Waals surface area (Å²) in [5, 5.41) is 0. The Balaban J connectivity index is 0.00000242. The van der Waals surface area contributed by atoms with E-state index in [4.69, 9.17) is 4.74 Å². The van der Waals surface area contributed by atoms with Gasteiger partial charge in [0.2, 0.25) is 0 Å². The van der Waals surface area contributed by atoms with Crippen LogP contribution in [-0.2, 0) is 5.41 Å². The van der Waals surface area contributed by atoms with Crippen LogP contribution in [0.25, 0.3) is 0 Å². The highest BCUT2D eigenvalue weighted by Gasteiger charge is 2.14. The highest BCUT2D eigenvalue weighted by molar-refractivity contribution is 5.85. The molecule has 0 amide bonds. The van der Waals surface area contributed by atoms with E-state index in [-0.39, 0.29) is 17.8 Å². The van der Waals surface area contributed by atoms with E-state index >= 15 is 0 Å². The van der Waals surface area contributed by atoms with Gasteiger partial charge >= 0.3 is 0 Å². The van der Waals surface area contributed by atoms with Gasteiger partial charge in [0.25, 0.3) is 0 Å². The van der Waals surface area contributed by atoms with Gasteiger partial charge in [0, 0.05) is 32.7 Å². The van der Waals surface area contributed by atoms with Crippen molar-refractivity contribution in [3.05, 3.63) is 29.8 Å². The number of ether oxygens (including phenoxy) is 1. The third kappa shape index (κ3) is 6.15. The zero-order chi connectivity index (χ0) is 15.3. The van der Waals surface area contributed by atoms with Gasteiger partial charge in [0.1, 0.15) is 5.75 Å². The SMILES string of the molecule is CN1CCN(CCCOc2cccc(C(C)(C)C)c2)CC1.Cl. The fourth-order valence-corrected chi connectivity index (χ4v) is 2.60. The van der Waals surface area contributed by atoms with Crippen LogP contribution in [0.1, 0.15) is 32.8 Å². The molecule has 0 unspecified atom stereocenters. The number of likely N-dealkylation sites (N-methyl/N-ethyl adjacent to an activating group) is 1. The van der Waals surface area contributed by atoms with Crippen LogP contribution in [-0.4, -0.2) is 56.2 Å². The normalized spacial score (nSPS) is 17.1. The fourth-order valence-electron chi connectivity index (χ4n) is 2.60. The first kappa shape index (κ1) is 19.3. The van der Waals surface area contributed by atoms with Gasteiger partial charge < -0.3 is 14.5 Å². The molecule has 1 aliphatic rings.